The minimum Gasteiger partial charge on any atom is -0.349 e. The fraction of sp³-hybridized carbons (Fsp3) is 0.364. The quantitative estimate of drug-likeness (QED) is 0.794. The predicted molar refractivity (Wildman–Crippen MR) is 73.6 cm³/mol. The molecule has 0 saturated heterocycles. The molecule has 6 nitrogen and oxygen atoms in total. The molecule has 1 amide bonds. The number of hydrogen-bond donors (Lipinski definition) is 2. The number of nitrogens with two attached hydrogens (primary N) is 1. The highest BCUT2D eigenvalue weighted by molar-refractivity contribution is 7.89. The zero-order valence-electron chi connectivity index (χ0n) is 10.9. The summed E-state index contributed by atoms with van der Waals surface area (Å²) in [5.74, 6) is -1.35. The Hall–Kier alpha value is -1.32. The molecule has 0 spiro atoms. The summed E-state index contributed by atoms with van der Waals surface area (Å²) < 4.78 is 46.7. The van der Waals surface area contributed by atoms with Crippen molar-refractivity contribution in [2.24, 2.45) is 5.14 Å². The smallest absolute Gasteiger partial charge is 0.251 e. The SMILES string of the molecule is CC(CS(C)=O)NC(=O)c1ccc(F)c(S(N)(=O)=O)c1. The third-order valence-corrected chi connectivity index (χ3v) is 4.26. The minimum absolute atomic E-state index is 0.0378. The van der Waals surface area contributed by atoms with Crippen molar-refractivity contribution in [3.05, 3.63) is 29.6 Å². The van der Waals surface area contributed by atoms with Crippen LogP contribution in [0.25, 0.3) is 0 Å². The molecule has 0 aliphatic rings. The summed E-state index contributed by atoms with van der Waals surface area (Å²) in [6.07, 6.45) is 1.50. The van der Waals surface area contributed by atoms with E-state index in [1.807, 2.05) is 0 Å². The molecule has 0 bridgehead atoms. The molecule has 0 aliphatic carbocycles. The number of sulfonamides is 1. The van der Waals surface area contributed by atoms with E-state index < -0.39 is 37.4 Å². The van der Waals surface area contributed by atoms with Crippen LogP contribution in [-0.2, 0) is 20.8 Å². The second-order valence-corrected chi connectivity index (χ2v) is 7.31. The van der Waals surface area contributed by atoms with E-state index in [9.17, 15) is 21.8 Å². The van der Waals surface area contributed by atoms with Crippen LogP contribution in [0.15, 0.2) is 23.1 Å². The number of amides is 1. The van der Waals surface area contributed by atoms with Gasteiger partial charge in [-0.05, 0) is 25.1 Å². The Balaban J connectivity index is 2.98. The first-order chi connectivity index (χ1) is 9.11. The topological polar surface area (TPSA) is 106 Å². The first-order valence-corrected chi connectivity index (χ1v) is 8.82. The van der Waals surface area contributed by atoms with E-state index >= 15 is 0 Å². The van der Waals surface area contributed by atoms with E-state index in [1.165, 1.54) is 6.26 Å². The van der Waals surface area contributed by atoms with Crippen LogP contribution in [0.2, 0.25) is 0 Å². The first-order valence-electron chi connectivity index (χ1n) is 5.54. The molecule has 3 N–H and O–H groups in total. The van der Waals surface area contributed by atoms with Crippen LogP contribution < -0.4 is 10.5 Å². The molecule has 9 heteroatoms. The number of carbonyl (C=O) groups is 1. The van der Waals surface area contributed by atoms with Gasteiger partial charge in [-0.1, -0.05) is 0 Å². The highest BCUT2D eigenvalue weighted by Gasteiger charge is 2.18. The lowest BCUT2D eigenvalue weighted by atomic mass is 10.2. The van der Waals surface area contributed by atoms with Gasteiger partial charge in [-0.15, -0.1) is 0 Å². The molecule has 1 aromatic rings. The monoisotopic (exact) mass is 322 g/mol. The van der Waals surface area contributed by atoms with Gasteiger partial charge in [-0.2, -0.15) is 0 Å². The zero-order valence-corrected chi connectivity index (χ0v) is 12.6. The molecule has 0 fully saturated rings. The Morgan fingerprint density at radius 3 is 2.60 bits per heavy atom. The maximum absolute atomic E-state index is 13.3. The lowest BCUT2D eigenvalue weighted by Gasteiger charge is -2.12. The molecule has 0 aliphatic heterocycles. The van der Waals surface area contributed by atoms with Crippen molar-refractivity contribution in [3.8, 4) is 0 Å². The zero-order chi connectivity index (χ0) is 15.5. The van der Waals surface area contributed by atoms with E-state index in [0.29, 0.717) is 0 Å². The van der Waals surface area contributed by atoms with Crippen molar-refractivity contribution < 1.29 is 21.8 Å². The fourth-order valence-corrected chi connectivity index (χ4v) is 2.98. The van der Waals surface area contributed by atoms with Crippen molar-refractivity contribution >= 4 is 26.7 Å². The molecule has 0 radical (unpaired) electrons. The van der Waals surface area contributed by atoms with Gasteiger partial charge in [0.1, 0.15) is 10.7 Å². The largest absolute Gasteiger partial charge is 0.349 e. The fourth-order valence-electron chi connectivity index (χ4n) is 1.56. The normalized spacial score (nSPS) is 14.6. The summed E-state index contributed by atoms with van der Waals surface area (Å²) in [4.78, 5) is 11.1. The van der Waals surface area contributed by atoms with E-state index in [0.717, 1.165) is 18.2 Å². The second-order valence-electron chi connectivity index (χ2n) is 4.30. The second kappa shape index (κ2) is 6.42. The highest BCUT2D eigenvalue weighted by atomic mass is 32.2. The van der Waals surface area contributed by atoms with Crippen molar-refractivity contribution in [1.82, 2.24) is 5.32 Å². The minimum atomic E-state index is -4.24. The molecular formula is C11H15FN2O4S2. The molecule has 0 saturated carbocycles. The Morgan fingerprint density at radius 1 is 1.50 bits per heavy atom. The van der Waals surface area contributed by atoms with Gasteiger partial charge in [0.15, 0.2) is 0 Å². The van der Waals surface area contributed by atoms with E-state index in [1.54, 1.807) is 6.92 Å². The summed E-state index contributed by atoms with van der Waals surface area (Å²) in [5.41, 5.74) is -0.0378. The standard InChI is InChI=1S/C11H15FN2O4S2/c1-7(6-19(2)16)14-11(15)8-3-4-9(12)10(5-8)20(13,17)18/h3-5,7H,6H2,1-2H3,(H,14,15)(H2,13,17,18). The lowest BCUT2D eigenvalue weighted by molar-refractivity contribution is 0.0943. The number of benzene rings is 1. The number of carbonyl (C=O) groups excluding carboxylic acids is 1. The Labute approximate surface area is 119 Å². The van der Waals surface area contributed by atoms with Crippen LogP contribution in [0.4, 0.5) is 4.39 Å². The third-order valence-electron chi connectivity index (χ3n) is 2.36. The Bertz CT molecular complexity index is 646. The van der Waals surface area contributed by atoms with Gasteiger partial charge in [0, 0.05) is 34.4 Å². The molecule has 2 unspecified atom stereocenters. The molecule has 1 rings (SSSR count). The van der Waals surface area contributed by atoms with Gasteiger partial charge < -0.3 is 5.32 Å². The Kier molecular flexibility index (Phi) is 5.37. The van der Waals surface area contributed by atoms with Crippen molar-refractivity contribution in [1.29, 1.82) is 0 Å². The Morgan fingerprint density at radius 2 is 2.10 bits per heavy atom. The average molecular weight is 322 g/mol. The average Bonchev–Trinajstić information content (AvgIpc) is 2.26. The third kappa shape index (κ3) is 4.66. The van der Waals surface area contributed by atoms with Crippen LogP contribution in [0.1, 0.15) is 17.3 Å². The van der Waals surface area contributed by atoms with E-state index in [2.05, 4.69) is 5.32 Å². The summed E-state index contributed by atoms with van der Waals surface area (Å²) in [5, 5.41) is 7.39. The maximum atomic E-state index is 13.3. The van der Waals surface area contributed by atoms with Crippen molar-refractivity contribution in [3.63, 3.8) is 0 Å². The summed E-state index contributed by atoms with van der Waals surface area (Å²) in [7, 11) is -5.32. The van der Waals surface area contributed by atoms with Gasteiger partial charge >= 0.3 is 0 Å². The van der Waals surface area contributed by atoms with Gasteiger partial charge in [0.25, 0.3) is 5.91 Å². The molecular weight excluding hydrogens is 307 g/mol. The summed E-state index contributed by atoms with van der Waals surface area (Å²) in [6.45, 7) is 1.66. The first kappa shape index (κ1) is 16.7. The van der Waals surface area contributed by atoms with Gasteiger partial charge in [0.05, 0.1) is 0 Å². The summed E-state index contributed by atoms with van der Waals surface area (Å²) >= 11 is 0. The van der Waals surface area contributed by atoms with E-state index in [-0.39, 0.29) is 17.4 Å². The van der Waals surface area contributed by atoms with Gasteiger partial charge in [-0.25, -0.2) is 17.9 Å². The molecule has 0 heterocycles. The van der Waals surface area contributed by atoms with Crippen LogP contribution in [0, 0.1) is 5.82 Å². The van der Waals surface area contributed by atoms with E-state index in [4.69, 9.17) is 5.14 Å². The molecule has 2 atom stereocenters. The molecule has 0 aromatic heterocycles. The lowest BCUT2D eigenvalue weighted by Crippen LogP contribution is -2.36. The van der Waals surface area contributed by atoms with Crippen molar-refractivity contribution in [2.75, 3.05) is 12.0 Å². The molecule has 20 heavy (non-hydrogen) atoms. The number of rotatable bonds is 5. The number of nitrogens with one attached hydrogen (secondary N) is 1. The van der Waals surface area contributed by atoms with Crippen molar-refractivity contribution in [2.45, 2.75) is 17.9 Å². The van der Waals surface area contributed by atoms with Gasteiger partial charge in [0.2, 0.25) is 10.0 Å². The maximum Gasteiger partial charge on any atom is 0.251 e. The van der Waals surface area contributed by atoms with Crippen LogP contribution in [0.3, 0.4) is 0 Å². The molecule has 112 valence electrons. The summed E-state index contributed by atoms with van der Waals surface area (Å²) in [6, 6.07) is 2.51. The highest BCUT2D eigenvalue weighted by Crippen LogP contribution is 2.15. The van der Waals surface area contributed by atoms with Crippen LogP contribution >= 0.6 is 0 Å². The molecule has 1 aromatic carbocycles. The van der Waals surface area contributed by atoms with Crippen LogP contribution in [0.5, 0.6) is 0 Å². The number of primary sulfonamides is 1. The predicted octanol–water partition coefficient (Wildman–Crippen LogP) is -0.0301. The van der Waals surface area contributed by atoms with Crippen LogP contribution in [-0.4, -0.2) is 36.6 Å². The number of hydrogen-bond acceptors (Lipinski definition) is 4. The van der Waals surface area contributed by atoms with Gasteiger partial charge in [-0.3, -0.25) is 9.00 Å². The number of halogens is 1.